The van der Waals surface area contributed by atoms with Gasteiger partial charge in [0.1, 0.15) is 0 Å². The fourth-order valence-corrected chi connectivity index (χ4v) is 43.6. The summed E-state index contributed by atoms with van der Waals surface area (Å²) in [5.41, 5.74) is 0. The fourth-order valence-electron chi connectivity index (χ4n) is 0.206. The van der Waals surface area contributed by atoms with Gasteiger partial charge in [0, 0.05) is 0 Å². The molecule has 0 N–H and O–H groups in total. The van der Waals surface area contributed by atoms with Crippen LogP contribution in [0.15, 0.2) is 0 Å². The van der Waals surface area contributed by atoms with Crippen molar-refractivity contribution in [2.24, 2.45) is 0 Å². The predicted molar refractivity (Wildman–Crippen MR) is 98.7 cm³/mol. The Balaban J connectivity index is 3.78. The molecule has 0 aromatic heterocycles. The van der Waals surface area contributed by atoms with Crippen LogP contribution >= 0.6 is 99.5 Å². The molecule has 0 amide bonds. The van der Waals surface area contributed by atoms with E-state index >= 15 is 0 Å². The van der Waals surface area contributed by atoms with E-state index in [-0.39, 0.29) is 6.71 Å². The second-order valence-electron chi connectivity index (χ2n) is 1.41. The Bertz CT molecular complexity index is 330. The first kappa shape index (κ1) is 18.2. The molecule has 0 radical (unpaired) electrons. The van der Waals surface area contributed by atoms with Crippen LogP contribution in [0.1, 0.15) is 0 Å². The third-order valence-electron chi connectivity index (χ3n) is 0.501. The summed E-state index contributed by atoms with van der Waals surface area (Å²) in [6.45, 7) is 2.21. The first-order valence-corrected chi connectivity index (χ1v) is 23.5. The summed E-state index contributed by atoms with van der Waals surface area (Å²) in [7, 11) is 22.5. The Labute approximate surface area is 106 Å². The number of rotatable bonds is 4. The normalized spacial score (nSPS) is 14.5. The second kappa shape index (κ2) is 15.2. The van der Waals surface area contributed by atoms with Gasteiger partial charge in [0.05, 0.1) is 0 Å². The SMILES string of the molecule is CP(#P)P=PP=PP=PP=PP=PP. The maximum atomic E-state index is 4.41. The molecule has 0 bridgehead atoms. The van der Waals surface area contributed by atoms with Crippen molar-refractivity contribution in [1.82, 2.24) is 0 Å². The third kappa shape index (κ3) is 16.2. The zero-order valence-corrected chi connectivity index (χ0v) is 18.8. The van der Waals surface area contributed by atoms with Crippen molar-refractivity contribution < 1.29 is 0 Å². The van der Waals surface area contributed by atoms with Gasteiger partial charge in [-0.15, -0.1) is 0 Å². The monoisotopic (exact) mass is 420 g/mol. The quantitative estimate of drug-likeness (QED) is 0.397. The number of hydrogen-bond acceptors (Lipinski definition) is 0. The minimum absolute atomic E-state index is 0.00287. The molecule has 0 heterocycles. The van der Waals surface area contributed by atoms with Crippen molar-refractivity contribution in [3.8, 4) is 0 Å². The van der Waals surface area contributed by atoms with Gasteiger partial charge in [-0.25, -0.2) is 0 Å². The summed E-state index contributed by atoms with van der Waals surface area (Å²) in [5.74, 6) is 0. The molecule has 0 saturated heterocycles. The first-order valence-electron chi connectivity index (χ1n) is 2.91. The Morgan fingerprint density at radius 2 is 1.29 bits per heavy atom. The van der Waals surface area contributed by atoms with Crippen molar-refractivity contribution in [3.63, 3.8) is 0 Å². The summed E-state index contributed by atoms with van der Waals surface area (Å²) in [4.78, 5) is 0. The van der Waals surface area contributed by atoms with E-state index in [2.05, 4.69) is 23.9 Å². The molecule has 13 heteroatoms. The Morgan fingerprint density at radius 1 is 0.857 bits per heavy atom. The summed E-state index contributed by atoms with van der Waals surface area (Å²) in [6.07, 6.45) is 0. The van der Waals surface area contributed by atoms with Crippen LogP contribution in [0.2, 0.25) is 0 Å². The van der Waals surface area contributed by atoms with Gasteiger partial charge >= 0.3 is 106 Å². The van der Waals surface area contributed by atoms with E-state index in [1.54, 1.807) is 45.3 Å². The first-order chi connectivity index (χ1) is 6.77. The summed E-state index contributed by atoms with van der Waals surface area (Å²) in [5, 5.41) is 0. The van der Waals surface area contributed by atoms with Crippen LogP contribution < -0.4 is 0 Å². The van der Waals surface area contributed by atoms with E-state index < -0.39 is 0 Å². The van der Waals surface area contributed by atoms with Crippen LogP contribution in [0.4, 0.5) is 0 Å². The molecule has 2 unspecified atom stereocenters. The molecule has 0 nitrogen and oxygen atoms in total. The van der Waals surface area contributed by atoms with Crippen LogP contribution in [-0.4, -0.2) is 6.66 Å². The summed E-state index contributed by atoms with van der Waals surface area (Å²) >= 11 is 0. The van der Waals surface area contributed by atoms with Gasteiger partial charge in [0.2, 0.25) is 0 Å². The maximum absolute atomic E-state index is 4.41. The van der Waals surface area contributed by atoms with E-state index in [9.17, 15) is 0 Å². The van der Waals surface area contributed by atoms with Gasteiger partial charge < -0.3 is 0 Å². The van der Waals surface area contributed by atoms with E-state index in [0.29, 0.717) is 0 Å². The van der Waals surface area contributed by atoms with Crippen LogP contribution in [-0.2, 0) is 0 Å². The zero-order chi connectivity index (χ0) is 10.6. The average molecular weight is 420 g/mol. The summed E-state index contributed by atoms with van der Waals surface area (Å²) in [6, 6.07) is 0. The van der Waals surface area contributed by atoms with E-state index in [0.717, 1.165) is 0 Å². The molecule has 0 aromatic carbocycles. The molecule has 14 heavy (non-hydrogen) atoms. The fraction of sp³-hybridized carbons (Fsp3) is 1.00. The van der Waals surface area contributed by atoms with E-state index in [1.165, 1.54) is 30.2 Å². The van der Waals surface area contributed by atoms with Crippen LogP contribution in [0.3, 0.4) is 0 Å². The van der Waals surface area contributed by atoms with Crippen molar-refractivity contribution in [3.05, 3.63) is 0 Å². The van der Waals surface area contributed by atoms with Gasteiger partial charge in [-0.3, -0.25) is 0 Å². The van der Waals surface area contributed by atoms with Gasteiger partial charge in [-0.05, 0) is 0 Å². The predicted octanol–water partition coefficient (Wildman–Crippen LogP) is 10.8. The standard InChI is InChI=1S/CH5P13/c1-14(3)13-12-11-10-9-8-7-6-5-4-2/h2H2,1H3. The van der Waals surface area contributed by atoms with Gasteiger partial charge in [-0.1, -0.05) is 0 Å². The Morgan fingerprint density at radius 3 is 1.71 bits per heavy atom. The van der Waals surface area contributed by atoms with Crippen LogP contribution in [0.5, 0.6) is 0 Å². The van der Waals surface area contributed by atoms with Crippen molar-refractivity contribution in [2.75, 3.05) is 6.66 Å². The molecule has 0 aliphatic heterocycles. The second-order valence-corrected chi connectivity index (χ2v) is 30.9. The molecular weight excluding hydrogens is 415 g/mol. The number of hydrogen-bond donors (Lipinski definition) is 0. The zero-order valence-electron chi connectivity index (χ0n) is 6.94. The van der Waals surface area contributed by atoms with Crippen molar-refractivity contribution in [2.45, 2.75) is 0 Å². The minimum atomic E-state index is -0.00287. The van der Waals surface area contributed by atoms with Gasteiger partial charge in [0.15, 0.2) is 0 Å². The molecule has 0 rings (SSSR count). The molecule has 74 valence electrons. The molecule has 0 fully saturated rings. The molecule has 0 aliphatic rings. The van der Waals surface area contributed by atoms with Crippen molar-refractivity contribution in [1.29, 1.82) is 0 Å². The molecule has 0 aliphatic carbocycles. The molecular formula is CH5P13. The average Bonchev–Trinajstić information content (AvgIpc) is 2.15. The topological polar surface area (TPSA) is 0 Å². The van der Waals surface area contributed by atoms with E-state index in [1.807, 2.05) is 0 Å². The van der Waals surface area contributed by atoms with E-state index in [4.69, 9.17) is 0 Å². The van der Waals surface area contributed by atoms with Crippen LogP contribution in [0.25, 0.3) is 0 Å². The van der Waals surface area contributed by atoms with Crippen molar-refractivity contribution >= 4 is 99.5 Å². The molecule has 0 aromatic rings. The molecule has 2 atom stereocenters. The summed E-state index contributed by atoms with van der Waals surface area (Å²) < 4.78 is 0. The Hall–Kier alpha value is 4.16. The van der Waals surface area contributed by atoms with Crippen LogP contribution in [0, 0.1) is 0 Å². The Kier molecular flexibility index (Phi) is 19.7. The molecule has 0 saturated carbocycles. The third-order valence-corrected chi connectivity index (χ3v) is 35.8. The van der Waals surface area contributed by atoms with Gasteiger partial charge in [-0.2, -0.15) is 0 Å². The molecule has 0 spiro atoms. The van der Waals surface area contributed by atoms with Gasteiger partial charge in [0.25, 0.3) is 0 Å².